The number of nitrogens with zero attached hydrogens (tertiary/aromatic N) is 2. The summed E-state index contributed by atoms with van der Waals surface area (Å²) < 4.78 is 4.78. The predicted octanol–water partition coefficient (Wildman–Crippen LogP) is 2.38. The summed E-state index contributed by atoms with van der Waals surface area (Å²) in [6, 6.07) is 18.3. The first-order valence-electron chi connectivity index (χ1n) is 10.4. The fourth-order valence-corrected chi connectivity index (χ4v) is 3.09. The Balaban J connectivity index is 1.71. The normalized spacial score (nSPS) is 10.5. The third-order valence-corrected chi connectivity index (χ3v) is 4.68. The Morgan fingerprint density at radius 1 is 0.970 bits per heavy atom. The topological polar surface area (TPSA) is 131 Å². The van der Waals surface area contributed by atoms with Crippen LogP contribution < -0.4 is 10.6 Å². The van der Waals surface area contributed by atoms with Crippen molar-refractivity contribution in [1.29, 1.82) is 0 Å². The first kappa shape index (κ1) is 23.4. The van der Waals surface area contributed by atoms with Gasteiger partial charge in [0.05, 0.1) is 19.1 Å². The number of aromatic hydroxyl groups is 1. The molecule has 0 unspecified atom stereocenters. The van der Waals surface area contributed by atoms with Crippen LogP contribution >= 0.6 is 0 Å². The summed E-state index contributed by atoms with van der Waals surface area (Å²) in [6.07, 6.45) is 1.08. The second-order valence-corrected chi connectivity index (χ2v) is 6.97. The van der Waals surface area contributed by atoms with Gasteiger partial charge in [0.1, 0.15) is 5.56 Å². The Morgan fingerprint density at radius 3 is 2.12 bits per heavy atom. The summed E-state index contributed by atoms with van der Waals surface area (Å²) in [7, 11) is 0. The molecule has 0 atom stereocenters. The molecule has 0 aliphatic carbocycles. The van der Waals surface area contributed by atoms with Crippen LogP contribution in [0.25, 0.3) is 0 Å². The van der Waals surface area contributed by atoms with Gasteiger partial charge in [0, 0.05) is 12.7 Å². The van der Waals surface area contributed by atoms with E-state index < -0.39 is 29.7 Å². The van der Waals surface area contributed by atoms with Gasteiger partial charge in [-0.2, -0.15) is 4.98 Å². The molecule has 0 aliphatic heterocycles. The highest BCUT2D eigenvalue weighted by atomic mass is 16.5. The van der Waals surface area contributed by atoms with E-state index in [2.05, 4.69) is 20.6 Å². The third kappa shape index (κ3) is 6.36. The van der Waals surface area contributed by atoms with Crippen molar-refractivity contribution in [3.8, 4) is 5.88 Å². The van der Waals surface area contributed by atoms with Crippen molar-refractivity contribution < 1.29 is 24.2 Å². The van der Waals surface area contributed by atoms with E-state index in [9.17, 15) is 19.5 Å². The summed E-state index contributed by atoms with van der Waals surface area (Å²) in [5.74, 6) is -2.68. The van der Waals surface area contributed by atoms with Gasteiger partial charge >= 0.3 is 5.97 Å². The van der Waals surface area contributed by atoms with Gasteiger partial charge in [-0.05, 0) is 18.1 Å². The maximum atomic E-state index is 12.9. The van der Waals surface area contributed by atoms with Crippen molar-refractivity contribution in [1.82, 2.24) is 20.6 Å². The van der Waals surface area contributed by atoms with Crippen LogP contribution in [0, 0.1) is 0 Å². The number of carbonyl (C=O) groups excluding carboxylic acids is 3. The third-order valence-electron chi connectivity index (χ3n) is 4.68. The van der Waals surface area contributed by atoms with E-state index in [0.717, 1.165) is 17.3 Å². The highest BCUT2D eigenvalue weighted by Crippen LogP contribution is 2.23. The van der Waals surface area contributed by atoms with Crippen molar-refractivity contribution >= 4 is 17.8 Å². The minimum Gasteiger partial charge on any atom is -0.493 e. The summed E-state index contributed by atoms with van der Waals surface area (Å²) in [4.78, 5) is 44.0. The van der Waals surface area contributed by atoms with Crippen LogP contribution in [0.2, 0.25) is 0 Å². The minimum atomic E-state index is -0.687. The minimum absolute atomic E-state index is 0.00753. The molecule has 3 N–H and O–H groups in total. The fraction of sp³-hybridized carbons (Fsp3) is 0.208. The molecule has 0 radical (unpaired) electrons. The van der Waals surface area contributed by atoms with Crippen LogP contribution in [-0.4, -0.2) is 46.0 Å². The highest BCUT2D eigenvalue weighted by molar-refractivity contribution is 5.97. The van der Waals surface area contributed by atoms with Gasteiger partial charge in [0.15, 0.2) is 0 Å². The van der Waals surface area contributed by atoms with Crippen LogP contribution in [0.5, 0.6) is 5.88 Å². The zero-order chi connectivity index (χ0) is 23.6. The molecule has 0 saturated heterocycles. The lowest BCUT2D eigenvalue weighted by Gasteiger charge is -2.20. The molecule has 1 heterocycles. The molecular weight excluding hydrogens is 424 g/mol. The lowest BCUT2D eigenvalue weighted by Crippen LogP contribution is -2.31. The zero-order valence-electron chi connectivity index (χ0n) is 18.0. The van der Waals surface area contributed by atoms with E-state index in [4.69, 9.17) is 4.74 Å². The van der Waals surface area contributed by atoms with Gasteiger partial charge in [-0.15, -0.1) is 0 Å². The number of carbonyl (C=O) groups is 3. The molecule has 0 bridgehead atoms. The molecule has 33 heavy (non-hydrogen) atoms. The van der Waals surface area contributed by atoms with E-state index in [1.807, 2.05) is 60.7 Å². The van der Waals surface area contributed by atoms with Crippen molar-refractivity contribution in [2.45, 2.75) is 19.4 Å². The Bertz CT molecular complexity index is 1070. The van der Waals surface area contributed by atoms with E-state index in [0.29, 0.717) is 0 Å². The average molecular weight is 448 g/mol. The number of rotatable bonds is 9. The molecule has 0 spiro atoms. The van der Waals surface area contributed by atoms with E-state index in [-0.39, 0.29) is 31.0 Å². The van der Waals surface area contributed by atoms with Gasteiger partial charge in [-0.3, -0.25) is 14.4 Å². The van der Waals surface area contributed by atoms with E-state index in [1.54, 1.807) is 6.92 Å². The second-order valence-electron chi connectivity index (χ2n) is 6.97. The van der Waals surface area contributed by atoms with Crippen LogP contribution in [0.4, 0.5) is 0 Å². The highest BCUT2D eigenvalue weighted by Gasteiger charge is 2.22. The Kier molecular flexibility index (Phi) is 8.07. The predicted molar refractivity (Wildman–Crippen MR) is 119 cm³/mol. The maximum absolute atomic E-state index is 12.9. The van der Waals surface area contributed by atoms with Crippen molar-refractivity contribution in [3.05, 3.63) is 89.4 Å². The van der Waals surface area contributed by atoms with Gasteiger partial charge in [0.25, 0.3) is 11.8 Å². The molecular formula is C24H24N4O5. The first-order chi connectivity index (χ1) is 16.0. The number of nitrogens with one attached hydrogen (secondary N) is 2. The van der Waals surface area contributed by atoms with Crippen molar-refractivity contribution in [2.24, 2.45) is 0 Å². The number of ether oxygens (including phenoxy) is 1. The number of esters is 1. The Hall–Kier alpha value is -4.27. The van der Waals surface area contributed by atoms with Gasteiger partial charge in [0.2, 0.25) is 11.7 Å². The van der Waals surface area contributed by atoms with E-state index in [1.165, 1.54) is 0 Å². The number of hydrogen-bond acceptors (Lipinski definition) is 7. The summed E-state index contributed by atoms with van der Waals surface area (Å²) in [6.45, 7) is 1.97. The monoisotopic (exact) mass is 448 g/mol. The van der Waals surface area contributed by atoms with Gasteiger partial charge in [-0.25, -0.2) is 4.98 Å². The Labute approximate surface area is 190 Å². The molecule has 3 aromatic rings. The van der Waals surface area contributed by atoms with Crippen LogP contribution in [0.1, 0.15) is 51.5 Å². The first-order valence-corrected chi connectivity index (χ1v) is 10.4. The Morgan fingerprint density at radius 2 is 1.58 bits per heavy atom. The molecule has 170 valence electrons. The molecule has 0 aliphatic rings. The van der Waals surface area contributed by atoms with Crippen molar-refractivity contribution in [3.63, 3.8) is 0 Å². The zero-order valence-corrected chi connectivity index (χ0v) is 18.0. The molecule has 2 aromatic carbocycles. The fourth-order valence-electron chi connectivity index (χ4n) is 3.09. The smallest absolute Gasteiger partial charge is 0.307 e. The molecule has 3 rings (SSSR count). The molecule has 9 nitrogen and oxygen atoms in total. The largest absolute Gasteiger partial charge is 0.493 e. The maximum Gasteiger partial charge on any atom is 0.307 e. The molecule has 0 fully saturated rings. The van der Waals surface area contributed by atoms with Crippen LogP contribution in [0.15, 0.2) is 66.9 Å². The molecule has 2 amide bonds. The van der Waals surface area contributed by atoms with Crippen molar-refractivity contribution in [2.75, 3.05) is 13.2 Å². The molecule has 0 saturated carbocycles. The molecule has 1 aromatic heterocycles. The number of hydrogen-bond donors (Lipinski definition) is 3. The van der Waals surface area contributed by atoms with Gasteiger partial charge < -0.3 is 20.5 Å². The second kappa shape index (κ2) is 11.4. The summed E-state index contributed by atoms with van der Waals surface area (Å²) in [5, 5.41) is 15.6. The van der Waals surface area contributed by atoms with Crippen LogP contribution in [0.3, 0.4) is 0 Å². The van der Waals surface area contributed by atoms with Gasteiger partial charge in [-0.1, -0.05) is 60.7 Å². The molecule has 9 heteroatoms. The number of benzene rings is 2. The lowest BCUT2D eigenvalue weighted by atomic mass is 9.98. The summed E-state index contributed by atoms with van der Waals surface area (Å²) >= 11 is 0. The number of aromatic nitrogens is 2. The standard InChI is InChI=1S/C24H24N4O5/c1-2-33-19(29)13-14-25-24(32)21-26-15-18(23(31)28-21)22(30)27-20(16-9-5-3-6-10-16)17-11-7-4-8-12-17/h3-12,15,20H,2,13-14H2,1H3,(H,25,32)(H,27,30)(H,26,28,31). The average Bonchev–Trinajstić information content (AvgIpc) is 2.83. The number of amides is 2. The quantitative estimate of drug-likeness (QED) is 0.429. The lowest BCUT2D eigenvalue weighted by molar-refractivity contribution is -0.142. The summed E-state index contributed by atoms with van der Waals surface area (Å²) in [5.41, 5.74) is 1.54. The SMILES string of the molecule is CCOC(=O)CCNC(=O)c1ncc(C(=O)NC(c2ccccc2)c2ccccc2)c(O)n1. The van der Waals surface area contributed by atoms with E-state index >= 15 is 0 Å². The van der Waals surface area contributed by atoms with Crippen LogP contribution in [-0.2, 0) is 9.53 Å².